The maximum absolute atomic E-state index is 10.9. The van der Waals surface area contributed by atoms with Crippen molar-refractivity contribution in [3.8, 4) is 0 Å². The van der Waals surface area contributed by atoms with Crippen LogP contribution in [-0.2, 0) is 11.3 Å². The van der Waals surface area contributed by atoms with E-state index < -0.39 is 4.92 Å². The van der Waals surface area contributed by atoms with E-state index in [0.29, 0.717) is 17.9 Å². The van der Waals surface area contributed by atoms with Crippen LogP contribution in [0.2, 0.25) is 0 Å². The van der Waals surface area contributed by atoms with Gasteiger partial charge in [-0.1, -0.05) is 6.07 Å². The minimum Gasteiger partial charge on any atom is -0.372 e. The summed E-state index contributed by atoms with van der Waals surface area (Å²) in [4.78, 5) is 12.8. The highest BCUT2D eigenvalue weighted by molar-refractivity contribution is 5.62. The molecule has 2 bridgehead atoms. The Labute approximate surface area is 116 Å². The number of hydrogen-bond acceptors (Lipinski definition) is 6. The summed E-state index contributed by atoms with van der Waals surface area (Å²) in [6.45, 7) is 2.63. The smallest absolute Gasteiger partial charge is 0.293 e. The van der Waals surface area contributed by atoms with E-state index in [1.807, 2.05) is 0 Å². The number of nitrogens with two attached hydrogens (primary N) is 1. The van der Waals surface area contributed by atoms with Gasteiger partial charge in [-0.15, -0.1) is 0 Å². The van der Waals surface area contributed by atoms with Gasteiger partial charge in [0.2, 0.25) is 0 Å². The predicted octanol–water partition coefficient (Wildman–Crippen LogP) is 1.24. The van der Waals surface area contributed by atoms with Crippen molar-refractivity contribution < 1.29 is 9.66 Å². The van der Waals surface area contributed by atoms with Crippen molar-refractivity contribution >= 4 is 11.4 Å². The van der Waals surface area contributed by atoms with E-state index in [9.17, 15) is 10.1 Å². The van der Waals surface area contributed by atoms with Crippen LogP contribution in [-0.4, -0.2) is 35.1 Å². The zero-order valence-corrected chi connectivity index (χ0v) is 11.1. The first-order valence-electron chi connectivity index (χ1n) is 6.77. The van der Waals surface area contributed by atoms with Crippen LogP contribution in [0.4, 0.5) is 11.4 Å². The molecule has 3 rings (SSSR count). The number of nitro groups is 1. The molecule has 0 aromatic heterocycles. The minimum atomic E-state index is -0.437. The molecular weight excluding hydrogens is 260 g/mol. The van der Waals surface area contributed by atoms with Gasteiger partial charge in [0.05, 0.1) is 17.1 Å². The summed E-state index contributed by atoms with van der Waals surface area (Å²) >= 11 is 0. The van der Waals surface area contributed by atoms with Gasteiger partial charge in [-0.3, -0.25) is 20.9 Å². The number of nitro benzene ring substituents is 1. The number of rotatable bonds is 4. The third-order valence-electron chi connectivity index (χ3n) is 3.94. The first-order chi connectivity index (χ1) is 9.65. The summed E-state index contributed by atoms with van der Waals surface area (Å²) < 4.78 is 5.80. The lowest BCUT2D eigenvalue weighted by molar-refractivity contribution is -0.384. The molecule has 2 aliphatic rings. The van der Waals surface area contributed by atoms with Crippen LogP contribution in [0, 0.1) is 10.1 Å². The SMILES string of the molecule is NNc1cc(CN2CC3CCC(C2)O3)ccc1[N+](=O)[O-]. The molecule has 0 radical (unpaired) electrons. The average Bonchev–Trinajstić information content (AvgIpc) is 2.77. The molecule has 20 heavy (non-hydrogen) atoms. The molecule has 2 unspecified atom stereocenters. The largest absolute Gasteiger partial charge is 0.372 e. The monoisotopic (exact) mass is 278 g/mol. The maximum Gasteiger partial charge on any atom is 0.293 e. The van der Waals surface area contributed by atoms with Gasteiger partial charge in [0.15, 0.2) is 0 Å². The van der Waals surface area contributed by atoms with Gasteiger partial charge >= 0.3 is 0 Å². The van der Waals surface area contributed by atoms with Crippen LogP contribution in [0.25, 0.3) is 0 Å². The number of nitrogens with one attached hydrogen (secondary N) is 1. The molecule has 7 heteroatoms. The Balaban J connectivity index is 1.73. The molecule has 0 spiro atoms. The summed E-state index contributed by atoms with van der Waals surface area (Å²) in [5.41, 5.74) is 3.77. The first-order valence-corrected chi connectivity index (χ1v) is 6.77. The molecule has 2 saturated heterocycles. The second-order valence-electron chi connectivity index (χ2n) is 5.40. The number of nitrogens with zero attached hydrogens (tertiary/aromatic N) is 2. The molecule has 108 valence electrons. The van der Waals surface area contributed by atoms with Crippen molar-refractivity contribution in [1.29, 1.82) is 0 Å². The standard InChI is InChI=1S/C13H18N4O3/c14-15-12-5-9(1-4-13(12)17(18)19)6-16-7-10-2-3-11(8-16)20-10/h1,4-5,10-11,15H,2-3,6-8,14H2. The van der Waals surface area contributed by atoms with Crippen molar-refractivity contribution in [2.45, 2.75) is 31.6 Å². The van der Waals surface area contributed by atoms with Crippen LogP contribution in [0.5, 0.6) is 0 Å². The predicted molar refractivity (Wildman–Crippen MR) is 74.1 cm³/mol. The number of fused-ring (bicyclic) bond motifs is 2. The second-order valence-corrected chi connectivity index (χ2v) is 5.40. The van der Waals surface area contributed by atoms with Gasteiger partial charge in [-0.05, 0) is 24.5 Å². The minimum absolute atomic E-state index is 0.00158. The van der Waals surface area contributed by atoms with Gasteiger partial charge in [0.25, 0.3) is 5.69 Å². The summed E-state index contributed by atoms with van der Waals surface area (Å²) in [5.74, 6) is 5.36. The van der Waals surface area contributed by atoms with E-state index in [-0.39, 0.29) is 5.69 Å². The molecule has 2 heterocycles. The van der Waals surface area contributed by atoms with Gasteiger partial charge in [0.1, 0.15) is 5.69 Å². The number of benzene rings is 1. The van der Waals surface area contributed by atoms with Gasteiger partial charge < -0.3 is 10.2 Å². The van der Waals surface area contributed by atoms with E-state index in [4.69, 9.17) is 10.6 Å². The van der Waals surface area contributed by atoms with Gasteiger partial charge in [-0.2, -0.15) is 0 Å². The summed E-state index contributed by atoms with van der Waals surface area (Å²) in [5, 5.41) is 10.9. The molecule has 2 fully saturated rings. The molecule has 0 aliphatic carbocycles. The van der Waals surface area contributed by atoms with E-state index in [1.54, 1.807) is 12.1 Å². The summed E-state index contributed by atoms with van der Waals surface area (Å²) in [6.07, 6.45) is 2.96. The summed E-state index contributed by atoms with van der Waals surface area (Å²) in [6, 6.07) is 5.03. The van der Waals surface area contributed by atoms with Crippen molar-refractivity contribution in [2.75, 3.05) is 18.5 Å². The molecule has 1 aromatic rings. The molecular formula is C13H18N4O3. The lowest BCUT2D eigenvalue weighted by atomic mass is 10.1. The van der Waals surface area contributed by atoms with Crippen molar-refractivity contribution in [1.82, 2.24) is 4.90 Å². The normalized spacial score (nSPS) is 25.6. The zero-order chi connectivity index (χ0) is 14.1. The average molecular weight is 278 g/mol. The van der Waals surface area contributed by atoms with Gasteiger partial charge in [0, 0.05) is 25.7 Å². The topological polar surface area (TPSA) is 93.7 Å². The van der Waals surface area contributed by atoms with E-state index in [2.05, 4.69) is 10.3 Å². The molecule has 2 aliphatic heterocycles. The number of morpholine rings is 1. The van der Waals surface area contributed by atoms with Crippen molar-refractivity contribution in [3.63, 3.8) is 0 Å². The lowest BCUT2D eigenvalue weighted by Gasteiger charge is -2.32. The highest BCUT2D eigenvalue weighted by Crippen LogP contribution is 2.29. The molecule has 2 atom stereocenters. The number of hydrogen-bond donors (Lipinski definition) is 2. The maximum atomic E-state index is 10.9. The zero-order valence-electron chi connectivity index (χ0n) is 11.1. The third kappa shape index (κ3) is 2.60. The molecule has 1 aromatic carbocycles. The van der Waals surface area contributed by atoms with Crippen LogP contribution in [0.15, 0.2) is 18.2 Å². The number of hydrazine groups is 1. The Bertz CT molecular complexity index is 510. The number of likely N-dealkylation sites (tertiary alicyclic amines) is 1. The Morgan fingerprint density at radius 1 is 1.40 bits per heavy atom. The molecule has 0 saturated carbocycles. The Hall–Kier alpha value is -1.70. The summed E-state index contributed by atoms with van der Waals surface area (Å²) in [7, 11) is 0. The van der Waals surface area contributed by atoms with E-state index >= 15 is 0 Å². The number of anilines is 1. The number of ether oxygens (including phenoxy) is 1. The highest BCUT2D eigenvalue weighted by atomic mass is 16.6. The Kier molecular flexibility index (Phi) is 3.56. The van der Waals surface area contributed by atoms with Crippen molar-refractivity contribution in [2.24, 2.45) is 5.84 Å². The third-order valence-corrected chi connectivity index (χ3v) is 3.94. The first kappa shape index (κ1) is 13.3. The Morgan fingerprint density at radius 3 is 2.70 bits per heavy atom. The molecule has 0 amide bonds. The van der Waals surface area contributed by atoms with Crippen LogP contribution in [0.1, 0.15) is 18.4 Å². The fraction of sp³-hybridized carbons (Fsp3) is 0.538. The van der Waals surface area contributed by atoms with Crippen LogP contribution in [0.3, 0.4) is 0 Å². The van der Waals surface area contributed by atoms with Gasteiger partial charge in [-0.25, -0.2) is 0 Å². The second kappa shape index (κ2) is 5.35. The van der Waals surface area contributed by atoms with Crippen LogP contribution >= 0.6 is 0 Å². The Morgan fingerprint density at radius 2 is 2.10 bits per heavy atom. The lowest BCUT2D eigenvalue weighted by Crippen LogP contribution is -2.41. The fourth-order valence-corrected chi connectivity index (χ4v) is 3.04. The van der Waals surface area contributed by atoms with E-state index in [1.165, 1.54) is 6.07 Å². The van der Waals surface area contributed by atoms with Crippen LogP contribution < -0.4 is 11.3 Å². The number of nitrogen functional groups attached to an aromatic ring is 1. The molecule has 7 nitrogen and oxygen atoms in total. The van der Waals surface area contributed by atoms with Crippen molar-refractivity contribution in [3.05, 3.63) is 33.9 Å². The highest BCUT2D eigenvalue weighted by Gasteiger charge is 2.33. The molecule has 3 N–H and O–H groups in total. The van der Waals surface area contributed by atoms with E-state index in [0.717, 1.165) is 38.0 Å². The quantitative estimate of drug-likeness (QED) is 0.489. The fourth-order valence-electron chi connectivity index (χ4n) is 3.04.